The van der Waals surface area contributed by atoms with Crippen molar-refractivity contribution in [3.63, 3.8) is 0 Å². The topological polar surface area (TPSA) is 110 Å². The maximum absolute atomic E-state index is 12.9. The zero-order valence-electron chi connectivity index (χ0n) is 20.4. The minimum Gasteiger partial charge on any atom is -0.492 e. The van der Waals surface area contributed by atoms with Crippen LogP contribution in [0.4, 0.5) is 17.1 Å². The summed E-state index contributed by atoms with van der Waals surface area (Å²) in [4.78, 5) is 27.5. The minimum absolute atomic E-state index is 0.262. The molecule has 8 nitrogen and oxygen atoms in total. The summed E-state index contributed by atoms with van der Waals surface area (Å²) in [6.45, 7) is 6.17. The van der Waals surface area contributed by atoms with Crippen LogP contribution in [0.1, 0.15) is 34.8 Å². The van der Waals surface area contributed by atoms with Gasteiger partial charge in [0.25, 0.3) is 11.8 Å². The van der Waals surface area contributed by atoms with E-state index >= 15 is 0 Å². The molecule has 0 aliphatic carbocycles. The zero-order chi connectivity index (χ0) is 25.5. The van der Waals surface area contributed by atoms with Crippen LogP contribution in [-0.2, 0) is 0 Å². The summed E-state index contributed by atoms with van der Waals surface area (Å²) in [5, 5.41) is 6.59. The van der Waals surface area contributed by atoms with Gasteiger partial charge in [-0.05, 0) is 62.4 Å². The quantitative estimate of drug-likeness (QED) is 0.217. The molecule has 0 atom stereocenters. The van der Waals surface area contributed by atoms with Crippen molar-refractivity contribution in [2.75, 3.05) is 42.2 Å². The third-order valence-corrected chi connectivity index (χ3v) is 5.84. The van der Waals surface area contributed by atoms with Crippen LogP contribution in [0.15, 0.2) is 77.2 Å². The minimum atomic E-state index is -0.288. The van der Waals surface area contributed by atoms with E-state index in [1.807, 2.05) is 38.1 Å². The summed E-state index contributed by atoms with van der Waals surface area (Å²) in [5.41, 5.74) is 8.91. The molecule has 3 aromatic carbocycles. The lowest BCUT2D eigenvalue weighted by atomic mass is 10.2. The second-order valence-electron chi connectivity index (χ2n) is 8.12. The molecule has 0 fully saturated rings. The third-order valence-electron chi connectivity index (χ3n) is 5.84. The van der Waals surface area contributed by atoms with Gasteiger partial charge in [0.05, 0.1) is 23.6 Å². The van der Waals surface area contributed by atoms with E-state index in [0.29, 0.717) is 40.6 Å². The Kier molecular flexibility index (Phi) is 7.75. The van der Waals surface area contributed by atoms with Crippen molar-refractivity contribution in [2.45, 2.75) is 13.8 Å². The first-order valence-corrected chi connectivity index (χ1v) is 11.9. The van der Waals surface area contributed by atoms with Crippen LogP contribution < -0.4 is 26.0 Å². The molecule has 0 unspecified atom stereocenters. The Morgan fingerprint density at radius 3 is 2.33 bits per heavy atom. The van der Waals surface area contributed by atoms with E-state index in [1.165, 1.54) is 0 Å². The van der Waals surface area contributed by atoms with Crippen LogP contribution in [0, 0.1) is 0 Å². The lowest BCUT2D eigenvalue weighted by molar-refractivity contribution is 0.0921. The number of benzene rings is 3. The highest BCUT2D eigenvalue weighted by atomic mass is 16.5. The molecule has 0 saturated heterocycles. The molecule has 0 saturated carbocycles. The van der Waals surface area contributed by atoms with Crippen LogP contribution in [0.5, 0.6) is 5.75 Å². The van der Waals surface area contributed by atoms with E-state index in [9.17, 15) is 9.59 Å². The SMILES string of the molecule is CCN(CC)c1c(C(=O)NCCOc2ccc(C(=O)Nc3ccccc3N)cc2)oc2ccccc12. The molecular formula is C28H30N4O4. The largest absolute Gasteiger partial charge is 0.492 e. The predicted octanol–water partition coefficient (Wildman–Crippen LogP) is 4.92. The Bertz CT molecular complexity index is 1340. The number of carbonyl (C=O) groups excluding carboxylic acids is 2. The molecule has 2 amide bonds. The molecule has 4 rings (SSSR count). The van der Waals surface area contributed by atoms with Gasteiger partial charge in [-0.25, -0.2) is 0 Å². The van der Waals surface area contributed by atoms with E-state index in [4.69, 9.17) is 14.9 Å². The lowest BCUT2D eigenvalue weighted by Crippen LogP contribution is -2.30. The first-order valence-electron chi connectivity index (χ1n) is 11.9. The number of nitrogens with two attached hydrogens (primary N) is 1. The predicted molar refractivity (Wildman–Crippen MR) is 143 cm³/mol. The number of ether oxygens (including phenoxy) is 1. The number of fused-ring (bicyclic) bond motifs is 1. The highest BCUT2D eigenvalue weighted by Gasteiger charge is 2.23. The average Bonchev–Trinajstić information content (AvgIpc) is 3.29. The van der Waals surface area contributed by atoms with E-state index in [0.717, 1.165) is 24.2 Å². The van der Waals surface area contributed by atoms with E-state index in [-0.39, 0.29) is 18.4 Å². The van der Waals surface area contributed by atoms with Crippen molar-refractivity contribution in [1.29, 1.82) is 0 Å². The maximum atomic E-state index is 12.9. The monoisotopic (exact) mass is 486 g/mol. The van der Waals surface area contributed by atoms with Crippen LogP contribution >= 0.6 is 0 Å². The summed E-state index contributed by atoms with van der Waals surface area (Å²) in [7, 11) is 0. The number of amides is 2. The van der Waals surface area contributed by atoms with Crippen LogP contribution in [0.2, 0.25) is 0 Å². The Hall–Kier alpha value is -4.46. The summed E-state index contributed by atoms with van der Waals surface area (Å²) in [5.74, 6) is 0.340. The molecule has 4 N–H and O–H groups in total. The molecule has 1 heterocycles. The molecular weight excluding hydrogens is 456 g/mol. The maximum Gasteiger partial charge on any atom is 0.289 e. The number of furan rings is 1. The van der Waals surface area contributed by atoms with Gasteiger partial charge < -0.3 is 30.4 Å². The molecule has 8 heteroatoms. The Morgan fingerprint density at radius 2 is 1.61 bits per heavy atom. The lowest BCUT2D eigenvalue weighted by Gasteiger charge is -2.20. The van der Waals surface area contributed by atoms with Crippen molar-refractivity contribution in [1.82, 2.24) is 5.32 Å². The first kappa shape index (κ1) is 24.7. The Balaban J connectivity index is 1.32. The molecule has 0 aliphatic heterocycles. The van der Waals surface area contributed by atoms with E-state index in [1.54, 1.807) is 48.5 Å². The zero-order valence-corrected chi connectivity index (χ0v) is 20.4. The van der Waals surface area contributed by atoms with Gasteiger partial charge in [-0.1, -0.05) is 24.3 Å². The number of nitrogens with one attached hydrogen (secondary N) is 2. The van der Waals surface area contributed by atoms with Gasteiger partial charge in [-0.15, -0.1) is 0 Å². The van der Waals surface area contributed by atoms with Crippen molar-refractivity contribution in [3.8, 4) is 5.75 Å². The summed E-state index contributed by atoms with van der Waals surface area (Å²) in [6, 6.07) is 21.5. The number of rotatable bonds is 10. The number of hydrogen-bond acceptors (Lipinski definition) is 6. The second kappa shape index (κ2) is 11.3. The number of hydrogen-bond donors (Lipinski definition) is 3. The molecule has 0 spiro atoms. The highest BCUT2D eigenvalue weighted by Crippen LogP contribution is 2.33. The summed E-state index contributed by atoms with van der Waals surface area (Å²) >= 11 is 0. The van der Waals surface area contributed by atoms with Crippen LogP contribution in [0.25, 0.3) is 11.0 Å². The van der Waals surface area contributed by atoms with Crippen molar-refractivity contribution in [3.05, 3.63) is 84.1 Å². The summed E-state index contributed by atoms with van der Waals surface area (Å²) < 4.78 is 11.6. The highest BCUT2D eigenvalue weighted by molar-refractivity contribution is 6.07. The fourth-order valence-electron chi connectivity index (χ4n) is 3.96. The van der Waals surface area contributed by atoms with Gasteiger partial charge in [0.1, 0.15) is 17.9 Å². The van der Waals surface area contributed by atoms with Gasteiger partial charge in [0, 0.05) is 24.0 Å². The van der Waals surface area contributed by atoms with E-state index < -0.39 is 0 Å². The Labute approximate surface area is 210 Å². The number of para-hydroxylation sites is 3. The van der Waals surface area contributed by atoms with Crippen LogP contribution in [-0.4, -0.2) is 38.1 Å². The molecule has 0 aliphatic rings. The first-order chi connectivity index (χ1) is 17.5. The molecule has 186 valence electrons. The van der Waals surface area contributed by atoms with Gasteiger partial charge in [-0.2, -0.15) is 0 Å². The van der Waals surface area contributed by atoms with Gasteiger partial charge in [-0.3, -0.25) is 9.59 Å². The van der Waals surface area contributed by atoms with Crippen molar-refractivity contribution >= 4 is 39.8 Å². The molecule has 36 heavy (non-hydrogen) atoms. The third kappa shape index (κ3) is 5.43. The van der Waals surface area contributed by atoms with E-state index in [2.05, 4.69) is 15.5 Å². The molecule has 4 aromatic rings. The van der Waals surface area contributed by atoms with Gasteiger partial charge in [0.2, 0.25) is 5.76 Å². The van der Waals surface area contributed by atoms with Crippen LogP contribution in [0.3, 0.4) is 0 Å². The number of carbonyl (C=O) groups is 2. The van der Waals surface area contributed by atoms with Crippen molar-refractivity contribution < 1.29 is 18.7 Å². The smallest absolute Gasteiger partial charge is 0.289 e. The second-order valence-corrected chi connectivity index (χ2v) is 8.12. The van der Waals surface area contributed by atoms with Gasteiger partial charge >= 0.3 is 0 Å². The molecule has 0 bridgehead atoms. The Morgan fingerprint density at radius 1 is 0.917 bits per heavy atom. The number of anilines is 3. The number of nitrogens with zero attached hydrogens (tertiary/aromatic N) is 1. The normalized spacial score (nSPS) is 10.7. The standard InChI is InChI=1S/C28H30N4O4/c1-3-32(4-2)25-21-9-5-8-12-24(21)36-26(25)28(34)30-17-18-35-20-15-13-19(14-16-20)27(33)31-23-11-7-6-10-22(23)29/h5-16H,3-4,17-18,29H2,1-2H3,(H,30,34)(H,31,33). The average molecular weight is 487 g/mol. The van der Waals surface area contributed by atoms with Gasteiger partial charge in [0.15, 0.2) is 0 Å². The molecule has 1 aromatic heterocycles. The number of nitrogen functional groups attached to an aromatic ring is 1. The fraction of sp³-hybridized carbons (Fsp3) is 0.214. The fourth-order valence-corrected chi connectivity index (χ4v) is 3.96. The molecule has 0 radical (unpaired) electrons. The van der Waals surface area contributed by atoms with Crippen molar-refractivity contribution in [2.24, 2.45) is 0 Å². The summed E-state index contributed by atoms with van der Waals surface area (Å²) in [6.07, 6.45) is 0.